The van der Waals surface area contributed by atoms with E-state index in [1.165, 1.54) is 17.4 Å². The summed E-state index contributed by atoms with van der Waals surface area (Å²) in [5.74, 6) is 0. The molecule has 2 nitrogen and oxygen atoms in total. The molecule has 0 saturated heterocycles. The van der Waals surface area contributed by atoms with Crippen LogP contribution in [0.25, 0.3) is 0 Å². The van der Waals surface area contributed by atoms with E-state index in [-0.39, 0.29) is 5.69 Å². The third-order valence-corrected chi connectivity index (χ3v) is 4.29. The molecule has 0 radical (unpaired) electrons. The van der Waals surface area contributed by atoms with E-state index in [2.05, 4.69) is 26.2 Å². The minimum atomic E-state index is -4.38. The fraction of sp³-hybridized carbons (Fsp3) is 0.308. The van der Waals surface area contributed by atoms with Gasteiger partial charge in [-0.3, -0.25) is 0 Å². The molecule has 2 rings (SSSR count). The highest BCUT2D eigenvalue weighted by Crippen LogP contribution is 2.36. The molecule has 108 valence electrons. The van der Waals surface area contributed by atoms with E-state index < -0.39 is 11.7 Å². The van der Waals surface area contributed by atoms with Gasteiger partial charge in [0, 0.05) is 15.0 Å². The van der Waals surface area contributed by atoms with Crippen molar-refractivity contribution in [3.05, 3.63) is 43.8 Å². The molecule has 0 bridgehead atoms. The van der Waals surface area contributed by atoms with E-state index in [9.17, 15) is 13.2 Å². The molecule has 7 heteroatoms. The van der Waals surface area contributed by atoms with Gasteiger partial charge >= 0.3 is 6.18 Å². The average Bonchev–Trinajstić information content (AvgIpc) is 2.65. The fourth-order valence-electron chi connectivity index (χ4n) is 1.82. The van der Waals surface area contributed by atoms with Gasteiger partial charge in [0.25, 0.3) is 0 Å². The van der Waals surface area contributed by atoms with Gasteiger partial charge in [-0.25, -0.2) is 4.98 Å². The molecule has 0 unspecified atom stereocenters. The molecule has 0 fully saturated rings. The fourth-order valence-corrected chi connectivity index (χ4v) is 3.06. The summed E-state index contributed by atoms with van der Waals surface area (Å²) in [5, 5.41) is 3.76. The summed E-state index contributed by atoms with van der Waals surface area (Å²) in [5.41, 5.74) is 0.252. The number of alkyl halides is 3. The van der Waals surface area contributed by atoms with E-state index in [0.717, 1.165) is 21.6 Å². The number of benzene rings is 1. The molecule has 1 aromatic carbocycles. The van der Waals surface area contributed by atoms with Crippen molar-refractivity contribution in [2.45, 2.75) is 26.6 Å². The summed E-state index contributed by atoms with van der Waals surface area (Å²) in [6.07, 6.45) is -4.38. The summed E-state index contributed by atoms with van der Waals surface area (Å²) < 4.78 is 39.3. The van der Waals surface area contributed by atoms with E-state index in [0.29, 0.717) is 11.0 Å². The van der Waals surface area contributed by atoms with E-state index in [1.807, 2.05) is 13.8 Å². The minimum absolute atomic E-state index is 0.0751. The third kappa shape index (κ3) is 3.52. The monoisotopic (exact) mass is 364 g/mol. The summed E-state index contributed by atoms with van der Waals surface area (Å²) in [4.78, 5) is 5.20. The highest BCUT2D eigenvalue weighted by molar-refractivity contribution is 9.10. The Morgan fingerprint density at radius 3 is 2.55 bits per heavy atom. The van der Waals surface area contributed by atoms with E-state index >= 15 is 0 Å². The Bertz CT molecular complexity index is 623. The number of nitrogens with zero attached hydrogens (tertiary/aromatic N) is 1. The number of rotatable bonds is 3. The number of hydrogen-bond acceptors (Lipinski definition) is 3. The van der Waals surface area contributed by atoms with E-state index in [1.54, 1.807) is 6.07 Å². The highest BCUT2D eigenvalue weighted by atomic mass is 79.9. The second-order valence-corrected chi connectivity index (χ2v) is 6.49. The van der Waals surface area contributed by atoms with Crippen molar-refractivity contribution in [3.63, 3.8) is 0 Å². The normalized spacial score (nSPS) is 11.7. The largest absolute Gasteiger partial charge is 0.418 e. The van der Waals surface area contributed by atoms with E-state index in [4.69, 9.17) is 0 Å². The van der Waals surface area contributed by atoms with Gasteiger partial charge in [0.1, 0.15) is 0 Å². The second-order valence-electron chi connectivity index (χ2n) is 4.28. The molecule has 0 aliphatic heterocycles. The van der Waals surface area contributed by atoms with Crippen LogP contribution in [0, 0.1) is 13.8 Å². The zero-order chi connectivity index (χ0) is 14.9. The minimum Gasteiger partial charge on any atom is -0.380 e. The predicted molar refractivity (Wildman–Crippen MR) is 78.1 cm³/mol. The van der Waals surface area contributed by atoms with Crippen molar-refractivity contribution in [3.8, 4) is 0 Å². The van der Waals surface area contributed by atoms with Gasteiger partial charge in [-0.2, -0.15) is 13.2 Å². The Morgan fingerprint density at radius 2 is 2.00 bits per heavy atom. The van der Waals surface area contributed by atoms with Crippen molar-refractivity contribution in [2.24, 2.45) is 0 Å². The first-order valence-electron chi connectivity index (χ1n) is 5.81. The number of nitrogens with one attached hydrogen (secondary N) is 1. The Labute approximate surface area is 127 Å². The van der Waals surface area contributed by atoms with Gasteiger partial charge in [-0.15, -0.1) is 11.3 Å². The number of aryl methyl sites for hydroxylation is 2. The molecular weight excluding hydrogens is 353 g/mol. The number of halogens is 4. The molecule has 2 aromatic rings. The van der Waals surface area contributed by atoms with Crippen LogP contribution in [0.15, 0.2) is 22.7 Å². The first kappa shape index (κ1) is 15.3. The maximum atomic E-state index is 13.0. The lowest BCUT2D eigenvalue weighted by molar-refractivity contribution is -0.137. The van der Waals surface area contributed by atoms with Crippen LogP contribution in [0.5, 0.6) is 0 Å². The smallest absolute Gasteiger partial charge is 0.380 e. The van der Waals surface area contributed by atoms with Crippen LogP contribution in [0.3, 0.4) is 0 Å². The first-order valence-corrected chi connectivity index (χ1v) is 7.42. The molecule has 1 heterocycles. The van der Waals surface area contributed by atoms with Gasteiger partial charge in [0.15, 0.2) is 0 Å². The Kier molecular flexibility index (Phi) is 4.39. The van der Waals surface area contributed by atoms with Crippen molar-refractivity contribution in [2.75, 3.05) is 5.32 Å². The standard InChI is InChI=1S/C13H12BrF3N2S/c1-7-12(20-8(2)19-7)6-18-11-4-3-9(14)5-10(11)13(15,16)17/h3-5,18H,6H2,1-2H3. The lowest BCUT2D eigenvalue weighted by Crippen LogP contribution is -2.10. The van der Waals surface area contributed by atoms with Crippen LogP contribution < -0.4 is 5.32 Å². The van der Waals surface area contributed by atoms with Crippen LogP contribution in [0.4, 0.5) is 18.9 Å². The van der Waals surface area contributed by atoms with Gasteiger partial charge in [-0.05, 0) is 32.0 Å². The van der Waals surface area contributed by atoms with Gasteiger partial charge < -0.3 is 5.32 Å². The third-order valence-electron chi connectivity index (χ3n) is 2.73. The quantitative estimate of drug-likeness (QED) is 0.814. The SMILES string of the molecule is Cc1nc(C)c(CNc2ccc(Br)cc2C(F)(F)F)s1. The number of hydrogen-bond donors (Lipinski definition) is 1. The van der Waals surface area contributed by atoms with Gasteiger partial charge in [0.2, 0.25) is 0 Å². The predicted octanol–water partition coefficient (Wildman–Crippen LogP) is 5.15. The summed E-state index contributed by atoms with van der Waals surface area (Å²) >= 11 is 4.55. The highest BCUT2D eigenvalue weighted by Gasteiger charge is 2.33. The Hall–Kier alpha value is -1.08. The zero-order valence-electron chi connectivity index (χ0n) is 10.8. The van der Waals surface area contributed by atoms with Crippen molar-refractivity contribution in [1.82, 2.24) is 4.98 Å². The maximum Gasteiger partial charge on any atom is 0.418 e. The molecule has 0 aliphatic carbocycles. The van der Waals surface area contributed by atoms with Crippen LogP contribution >= 0.6 is 27.3 Å². The van der Waals surface area contributed by atoms with Crippen LogP contribution in [0.2, 0.25) is 0 Å². The second kappa shape index (κ2) is 5.73. The molecule has 0 atom stereocenters. The molecule has 20 heavy (non-hydrogen) atoms. The molecule has 0 saturated carbocycles. The molecular formula is C13H12BrF3N2S. The molecule has 0 aliphatic rings. The van der Waals surface area contributed by atoms with Gasteiger partial charge in [-0.1, -0.05) is 15.9 Å². The molecule has 0 spiro atoms. The Morgan fingerprint density at radius 1 is 1.30 bits per heavy atom. The van der Waals surface area contributed by atoms with Gasteiger partial charge in [0.05, 0.1) is 22.8 Å². The Balaban J connectivity index is 2.23. The van der Waals surface area contributed by atoms with Crippen molar-refractivity contribution in [1.29, 1.82) is 0 Å². The average molecular weight is 365 g/mol. The maximum absolute atomic E-state index is 13.0. The topological polar surface area (TPSA) is 24.9 Å². The lowest BCUT2D eigenvalue weighted by Gasteiger charge is -2.14. The van der Waals surface area contributed by atoms with Crippen LogP contribution in [-0.2, 0) is 12.7 Å². The molecule has 0 amide bonds. The number of aromatic nitrogens is 1. The number of thiazole rings is 1. The summed E-state index contributed by atoms with van der Waals surface area (Å²) in [7, 11) is 0. The van der Waals surface area contributed by atoms with Crippen LogP contribution in [0.1, 0.15) is 21.1 Å². The van der Waals surface area contributed by atoms with Crippen LogP contribution in [-0.4, -0.2) is 4.98 Å². The first-order chi connectivity index (χ1) is 9.27. The van der Waals surface area contributed by atoms with Crippen molar-refractivity contribution >= 4 is 33.0 Å². The zero-order valence-corrected chi connectivity index (χ0v) is 13.2. The van der Waals surface area contributed by atoms with Crippen molar-refractivity contribution < 1.29 is 13.2 Å². The lowest BCUT2D eigenvalue weighted by atomic mass is 10.1. The number of anilines is 1. The molecule has 1 N–H and O–H groups in total. The summed E-state index contributed by atoms with van der Waals surface area (Å²) in [6.45, 7) is 4.07. The summed E-state index contributed by atoms with van der Waals surface area (Å²) in [6, 6.07) is 4.09. The molecule has 1 aromatic heterocycles.